The van der Waals surface area contributed by atoms with E-state index in [1.807, 2.05) is 30.3 Å². The van der Waals surface area contributed by atoms with Crippen molar-refractivity contribution in [1.29, 1.82) is 0 Å². The monoisotopic (exact) mass is 149 g/mol. The van der Waals surface area contributed by atoms with Crippen molar-refractivity contribution in [3.05, 3.63) is 35.9 Å². The Labute approximate surface area is 65.5 Å². The maximum absolute atomic E-state index is 10.5. The molecule has 0 saturated heterocycles. The number of hydrogen-bond acceptors (Lipinski definition) is 1. The van der Waals surface area contributed by atoms with Gasteiger partial charge in [-0.15, -0.1) is 0 Å². The number of carbonyl (C=O) groups is 1. The van der Waals surface area contributed by atoms with E-state index >= 15 is 0 Å². The predicted octanol–water partition coefficient (Wildman–Crippen LogP) is 1.87. The Balaban J connectivity index is 2.85. The molecule has 1 aromatic carbocycles. The summed E-state index contributed by atoms with van der Waals surface area (Å²) in [6, 6.07) is 9.19. The van der Waals surface area contributed by atoms with Crippen LogP contribution < -0.4 is 0 Å². The Morgan fingerprint density at radius 3 is 2.36 bits per heavy atom. The van der Waals surface area contributed by atoms with Crippen LogP contribution in [0.3, 0.4) is 0 Å². The molecule has 0 aliphatic heterocycles. The van der Waals surface area contributed by atoms with Gasteiger partial charge >= 0.3 is 5.97 Å². The molecule has 0 amide bonds. The quantitative estimate of drug-likeness (QED) is 0.697. The molecule has 58 valence electrons. The first-order chi connectivity index (χ1) is 5.22. The van der Waals surface area contributed by atoms with E-state index in [1.165, 1.54) is 0 Å². The van der Waals surface area contributed by atoms with Gasteiger partial charge in [0.15, 0.2) is 0 Å². The molecular weight excluding hydrogens is 139 g/mol. The van der Waals surface area contributed by atoms with Crippen LogP contribution in [0.5, 0.6) is 0 Å². The average molecular weight is 149 g/mol. The summed E-state index contributed by atoms with van der Waals surface area (Å²) >= 11 is 0. The lowest BCUT2D eigenvalue weighted by Crippen LogP contribution is -2.06. The standard InChI is InChI=1S/C9H10O2/c1-7(9(10)11)8-5-3-2-4-6-8/h2-7H,1H3,(H,10,11)/i9-1. The molecule has 1 aromatic rings. The fraction of sp³-hybridized carbons (Fsp3) is 0.222. The van der Waals surface area contributed by atoms with Gasteiger partial charge in [-0.05, 0) is 12.5 Å². The zero-order valence-electron chi connectivity index (χ0n) is 6.32. The summed E-state index contributed by atoms with van der Waals surface area (Å²) in [5.74, 6) is -1.19. The van der Waals surface area contributed by atoms with Crippen LogP contribution in [0.4, 0.5) is 0 Å². The van der Waals surface area contributed by atoms with Crippen molar-refractivity contribution in [1.82, 2.24) is 0 Å². The fourth-order valence-electron chi connectivity index (χ4n) is 0.884. The Kier molecular flexibility index (Phi) is 2.26. The highest BCUT2D eigenvalue weighted by atomic mass is 16.3. The average Bonchev–Trinajstić information content (AvgIpc) is 2.05. The molecule has 1 rings (SSSR count). The van der Waals surface area contributed by atoms with E-state index in [2.05, 4.69) is 0 Å². The largest absolute Gasteiger partial charge is 0.481 e. The predicted molar refractivity (Wildman–Crippen MR) is 42.5 cm³/mol. The molecule has 1 unspecified atom stereocenters. The Bertz CT molecular complexity index is 241. The van der Waals surface area contributed by atoms with Crippen LogP contribution in [0.25, 0.3) is 0 Å². The molecule has 0 radical (unpaired) electrons. The summed E-state index contributed by atoms with van der Waals surface area (Å²) in [5, 5.41) is 8.64. The summed E-state index contributed by atoms with van der Waals surface area (Å²) in [5.41, 5.74) is 0.847. The van der Waals surface area contributed by atoms with Crippen LogP contribution in [-0.4, -0.2) is 11.1 Å². The zero-order chi connectivity index (χ0) is 8.27. The van der Waals surface area contributed by atoms with Gasteiger partial charge in [0.1, 0.15) is 0 Å². The summed E-state index contributed by atoms with van der Waals surface area (Å²) in [4.78, 5) is 10.5. The van der Waals surface area contributed by atoms with E-state index < -0.39 is 11.9 Å². The summed E-state index contributed by atoms with van der Waals surface area (Å²) in [6.45, 7) is 1.68. The minimum Gasteiger partial charge on any atom is -0.481 e. The van der Waals surface area contributed by atoms with Gasteiger partial charge in [0.25, 0.3) is 0 Å². The number of carboxylic acids is 1. The second-order valence-corrected chi connectivity index (χ2v) is 2.47. The first-order valence-electron chi connectivity index (χ1n) is 3.49. The number of rotatable bonds is 2. The van der Waals surface area contributed by atoms with Gasteiger partial charge in [0.2, 0.25) is 0 Å². The highest BCUT2D eigenvalue weighted by Crippen LogP contribution is 2.13. The molecule has 2 nitrogen and oxygen atoms in total. The third kappa shape index (κ3) is 1.80. The van der Waals surface area contributed by atoms with Crippen molar-refractivity contribution < 1.29 is 9.90 Å². The Morgan fingerprint density at radius 1 is 1.36 bits per heavy atom. The van der Waals surface area contributed by atoms with Crippen molar-refractivity contribution in [3.8, 4) is 0 Å². The molecule has 2 heteroatoms. The number of benzene rings is 1. The van der Waals surface area contributed by atoms with Gasteiger partial charge in [-0.25, -0.2) is 0 Å². The van der Waals surface area contributed by atoms with Crippen molar-refractivity contribution in [2.45, 2.75) is 12.8 Å². The molecule has 0 bridgehead atoms. The van der Waals surface area contributed by atoms with Gasteiger partial charge in [-0.3, -0.25) is 4.79 Å². The maximum atomic E-state index is 10.5. The van der Waals surface area contributed by atoms with Gasteiger partial charge in [-0.2, -0.15) is 0 Å². The lowest BCUT2D eigenvalue weighted by molar-refractivity contribution is -0.138. The molecule has 1 N–H and O–H groups in total. The van der Waals surface area contributed by atoms with Gasteiger partial charge in [-0.1, -0.05) is 30.3 Å². The van der Waals surface area contributed by atoms with Crippen molar-refractivity contribution >= 4 is 5.97 Å². The molecule has 0 aliphatic carbocycles. The SMILES string of the molecule is CC(c1ccccc1)[11C](=O)O. The molecule has 0 spiro atoms. The van der Waals surface area contributed by atoms with Gasteiger partial charge < -0.3 is 5.11 Å². The Hall–Kier alpha value is -1.31. The van der Waals surface area contributed by atoms with E-state index in [0.717, 1.165) is 5.56 Å². The maximum Gasteiger partial charge on any atom is 0.310 e. The molecule has 0 heterocycles. The van der Waals surface area contributed by atoms with Crippen LogP contribution in [0.2, 0.25) is 0 Å². The van der Waals surface area contributed by atoms with E-state index in [0.29, 0.717) is 0 Å². The second-order valence-electron chi connectivity index (χ2n) is 2.47. The van der Waals surface area contributed by atoms with Crippen LogP contribution in [0, 0.1) is 0 Å². The summed E-state index contributed by atoms with van der Waals surface area (Å²) in [7, 11) is 0. The van der Waals surface area contributed by atoms with Crippen LogP contribution in [0.1, 0.15) is 18.4 Å². The normalized spacial score (nSPS) is 12.5. The zero-order valence-corrected chi connectivity index (χ0v) is 6.32. The van der Waals surface area contributed by atoms with E-state index in [1.54, 1.807) is 6.92 Å². The lowest BCUT2D eigenvalue weighted by atomic mass is 9.82. The highest BCUT2D eigenvalue weighted by molar-refractivity contribution is 5.75. The third-order valence-electron chi connectivity index (χ3n) is 1.67. The number of aliphatic carboxylic acids is 1. The number of carboxylic acid groups (broad SMARTS) is 1. The summed E-state index contributed by atoms with van der Waals surface area (Å²) in [6.07, 6.45) is 0. The minimum atomic E-state index is -0.781. The smallest absolute Gasteiger partial charge is 0.310 e. The highest BCUT2D eigenvalue weighted by Gasteiger charge is 2.11. The van der Waals surface area contributed by atoms with Crippen LogP contribution in [-0.2, 0) is 4.79 Å². The third-order valence-corrected chi connectivity index (χ3v) is 1.67. The fourth-order valence-corrected chi connectivity index (χ4v) is 0.884. The number of hydrogen-bond donors (Lipinski definition) is 1. The van der Waals surface area contributed by atoms with Crippen molar-refractivity contribution in [2.75, 3.05) is 0 Å². The molecule has 0 aliphatic rings. The molecule has 11 heavy (non-hydrogen) atoms. The molecular formula is C9H10O2. The van der Waals surface area contributed by atoms with Crippen LogP contribution in [0.15, 0.2) is 30.3 Å². The van der Waals surface area contributed by atoms with Crippen molar-refractivity contribution in [2.24, 2.45) is 0 Å². The second kappa shape index (κ2) is 3.19. The van der Waals surface area contributed by atoms with Crippen molar-refractivity contribution in [3.63, 3.8) is 0 Å². The molecule has 1 atom stereocenters. The Morgan fingerprint density at radius 2 is 1.91 bits per heavy atom. The lowest BCUT2D eigenvalue weighted by Gasteiger charge is -2.04. The molecule has 0 aromatic heterocycles. The molecule has 0 fully saturated rings. The molecule has 0 saturated carbocycles. The topological polar surface area (TPSA) is 37.3 Å². The van der Waals surface area contributed by atoms with Gasteiger partial charge in [0.05, 0.1) is 5.92 Å². The van der Waals surface area contributed by atoms with Crippen LogP contribution >= 0.6 is 0 Å². The summed E-state index contributed by atoms with van der Waals surface area (Å²) < 4.78 is 0. The van der Waals surface area contributed by atoms with E-state index in [4.69, 9.17) is 5.11 Å². The first-order valence-corrected chi connectivity index (χ1v) is 3.49. The van der Waals surface area contributed by atoms with E-state index in [9.17, 15) is 4.79 Å². The first kappa shape index (κ1) is 7.79. The van der Waals surface area contributed by atoms with E-state index in [-0.39, 0.29) is 0 Å². The minimum absolute atomic E-state index is 0.406. The van der Waals surface area contributed by atoms with Gasteiger partial charge in [0, 0.05) is 0 Å².